The minimum absolute atomic E-state index is 0.0176. The minimum Gasteiger partial charge on any atom is -0.387 e. The minimum atomic E-state index is -2.18. The molecule has 0 aliphatic rings. The lowest BCUT2D eigenvalue weighted by molar-refractivity contribution is -0.176. The van der Waals surface area contributed by atoms with E-state index in [2.05, 4.69) is 0 Å². The molecule has 0 heterocycles. The first-order chi connectivity index (χ1) is 5.00. The van der Waals surface area contributed by atoms with Crippen LogP contribution in [-0.4, -0.2) is 56.4 Å². The van der Waals surface area contributed by atoms with Crippen LogP contribution in [0.2, 0.25) is 0 Å². The van der Waals surface area contributed by atoms with Crippen molar-refractivity contribution in [2.45, 2.75) is 24.6 Å². The zero-order chi connectivity index (χ0) is 9.02. The summed E-state index contributed by atoms with van der Waals surface area (Å²) in [5, 5.41) is 42.4. The number of hydrogen-bond donors (Lipinski definition) is 5. The summed E-state index contributed by atoms with van der Waals surface area (Å²) in [6.45, 7) is 0. The Morgan fingerprint density at radius 2 is 1.36 bits per heavy atom. The van der Waals surface area contributed by atoms with E-state index in [1.54, 1.807) is 0 Å². The standard InChI is InChI=1S/C5H10O6/c6-1-2(7)3(8)4(9)5(10)11/h1-5,7-11H/t2-,3-,4-/m0/s1. The van der Waals surface area contributed by atoms with Crippen molar-refractivity contribution in [1.82, 2.24) is 0 Å². The maximum absolute atomic E-state index is 9.79. The molecule has 0 bridgehead atoms. The summed E-state index contributed by atoms with van der Waals surface area (Å²) in [4.78, 5) is 9.79. The van der Waals surface area contributed by atoms with E-state index in [1.165, 1.54) is 0 Å². The maximum Gasteiger partial charge on any atom is 0.180 e. The first kappa shape index (κ1) is 10.5. The predicted octanol–water partition coefficient (Wildman–Crippen LogP) is -3.42. The second-order valence-electron chi connectivity index (χ2n) is 2.02. The van der Waals surface area contributed by atoms with Crippen molar-refractivity contribution < 1.29 is 30.3 Å². The van der Waals surface area contributed by atoms with Crippen LogP contribution in [0.1, 0.15) is 0 Å². The molecule has 66 valence electrons. The van der Waals surface area contributed by atoms with Gasteiger partial charge in [0.05, 0.1) is 0 Å². The van der Waals surface area contributed by atoms with Gasteiger partial charge in [0.2, 0.25) is 0 Å². The summed E-state index contributed by atoms with van der Waals surface area (Å²) in [6, 6.07) is 0. The molecule has 0 fully saturated rings. The number of carbonyl (C=O) groups is 1. The largest absolute Gasteiger partial charge is 0.387 e. The van der Waals surface area contributed by atoms with Crippen molar-refractivity contribution >= 4 is 6.29 Å². The molecule has 0 rings (SSSR count). The van der Waals surface area contributed by atoms with Crippen molar-refractivity contribution in [3.8, 4) is 0 Å². The molecule has 0 aliphatic carbocycles. The Bertz CT molecular complexity index is 124. The molecule has 0 spiro atoms. The van der Waals surface area contributed by atoms with Gasteiger partial charge in [-0.25, -0.2) is 0 Å². The van der Waals surface area contributed by atoms with Gasteiger partial charge in [-0.15, -0.1) is 0 Å². The van der Waals surface area contributed by atoms with Gasteiger partial charge in [0.1, 0.15) is 18.3 Å². The third kappa shape index (κ3) is 2.91. The van der Waals surface area contributed by atoms with E-state index in [1.807, 2.05) is 0 Å². The Hall–Kier alpha value is -0.530. The van der Waals surface area contributed by atoms with E-state index in [0.29, 0.717) is 0 Å². The monoisotopic (exact) mass is 166 g/mol. The van der Waals surface area contributed by atoms with Gasteiger partial charge in [-0.2, -0.15) is 0 Å². The van der Waals surface area contributed by atoms with Crippen molar-refractivity contribution in [2.75, 3.05) is 0 Å². The third-order valence-electron chi connectivity index (χ3n) is 1.14. The van der Waals surface area contributed by atoms with Gasteiger partial charge in [-0.3, -0.25) is 0 Å². The number of aliphatic hydroxyl groups is 5. The van der Waals surface area contributed by atoms with E-state index < -0.39 is 24.6 Å². The SMILES string of the molecule is O=C[C@H](O)[C@H](O)[C@H](O)C(O)O. The number of aldehydes is 1. The first-order valence-corrected chi connectivity index (χ1v) is 2.86. The number of carbonyl (C=O) groups excluding carboxylic acids is 1. The van der Waals surface area contributed by atoms with Gasteiger partial charge >= 0.3 is 0 Å². The average molecular weight is 166 g/mol. The first-order valence-electron chi connectivity index (χ1n) is 2.86. The Morgan fingerprint density at radius 3 is 1.64 bits per heavy atom. The maximum atomic E-state index is 9.79. The Labute approximate surface area is 62.3 Å². The average Bonchev–Trinajstić information content (AvgIpc) is 2.00. The molecule has 0 radical (unpaired) electrons. The van der Waals surface area contributed by atoms with E-state index in [4.69, 9.17) is 25.5 Å². The molecule has 0 aromatic rings. The van der Waals surface area contributed by atoms with Gasteiger partial charge < -0.3 is 30.3 Å². The van der Waals surface area contributed by atoms with Crippen molar-refractivity contribution in [1.29, 1.82) is 0 Å². The van der Waals surface area contributed by atoms with Crippen molar-refractivity contribution in [2.24, 2.45) is 0 Å². The molecule has 5 N–H and O–H groups in total. The summed E-state index contributed by atoms with van der Waals surface area (Å²) >= 11 is 0. The molecular weight excluding hydrogens is 156 g/mol. The number of hydrogen-bond acceptors (Lipinski definition) is 6. The second-order valence-corrected chi connectivity index (χ2v) is 2.02. The highest BCUT2D eigenvalue weighted by Gasteiger charge is 2.28. The van der Waals surface area contributed by atoms with Crippen LogP contribution in [0.3, 0.4) is 0 Å². The second kappa shape index (κ2) is 4.37. The molecule has 0 aromatic carbocycles. The van der Waals surface area contributed by atoms with Crippen LogP contribution in [0, 0.1) is 0 Å². The highest BCUT2D eigenvalue weighted by Crippen LogP contribution is 2.00. The van der Waals surface area contributed by atoms with Crippen LogP contribution in [0.15, 0.2) is 0 Å². The fraction of sp³-hybridized carbons (Fsp3) is 0.800. The Morgan fingerprint density at radius 1 is 0.909 bits per heavy atom. The highest BCUT2D eigenvalue weighted by molar-refractivity contribution is 5.56. The molecule has 0 saturated heterocycles. The van der Waals surface area contributed by atoms with E-state index >= 15 is 0 Å². The summed E-state index contributed by atoms with van der Waals surface area (Å²) in [5.74, 6) is 0. The molecule has 0 unspecified atom stereocenters. The molecule has 0 saturated carbocycles. The molecule has 11 heavy (non-hydrogen) atoms. The van der Waals surface area contributed by atoms with Crippen molar-refractivity contribution in [3.63, 3.8) is 0 Å². The third-order valence-corrected chi connectivity index (χ3v) is 1.14. The van der Waals surface area contributed by atoms with E-state index in [0.717, 1.165) is 0 Å². The van der Waals surface area contributed by atoms with Gasteiger partial charge in [0.15, 0.2) is 12.6 Å². The van der Waals surface area contributed by atoms with Crippen LogP contribution >= 0.6 is 0 Å². The summed E-state index contributed by atoms with van der Waals surface area (Å²) in [7, 11) is 0. The smallest absolute Gasteiger partial charge is 0.180 e. The Balaban J connectivity index is 4.00. The predicted molar refractivity (Wildman–Crippen MR) is 32.3 cm³/mol. The normalized spacial score (nSPS) is 19.5. The van der Waals surface area contributed by atoms with Crippen LogP contribution in [0.5, 0.6) is 0 Å². The van der Waals surface area contributed by atoms with Gasteiger partial charge in [0, 0.05) is 0 Å². The Kier molecular flexibility index (Phi) is 4.16. The van der Waals surface area contributed by atoms with Gasteiger partial charge in [0.25, 0.3) is 0 Å². The molecule has 3 atom stereocenters. The van der Waals surface area contributed by atoms with Crippen LogP contribution in [0.4, 0.5) is 0 Å². The van der Waals surface area contributed by atoms with Gasteiger partial charge in [-0.1, -0.05) is 0 Å². The zero-order valence-corrected chi connectivity index (χ0v) is 5.53. The highest BCUT2D eigenvalue weighted by atomic mass is 16.5. The molecule has 0 aromatic heterocycles. The summed E-state index contributed by atoms with van der Waals surface area (Å²) in [5.41, 5.74) is 0. The molecule has 0 amide bonds. The van der Waals surface area contributed by atoms with Crippen LogP contribution < -0.4 is 0 Å². The molecule has 0 aliphatic heterocycles. The van der Waals surface area contributed by atoms with Crippen LogP contribution in [-0.2, 0) is 4.79 Å². The lowest BCUT2D eigenvalue weighted by Crippen LogP contribution is -2.44. The van der Waals surface area contributed by atoms with Crippen LogP contribution in [0.25, 0.3) is 0 Å². The quantitative estimate of drug-likeness (QED) is 0.219. The van der Waals surface area contributed by atoms with Crippen molar-refractivity contribution in [3.05, 3.63) is 0 Å². The van der Waals surface area contributed by atoms with E-state index in [9.17, 15) is 4.79 Å². The summed E-state index contributed by atoms with van der Waals surface area (Å²) in [6.07, 6.45) is -7.84. The molecule has 6 heteroatoms. The number of rotatable bonds is 4. The lowest BCUT2D eigenvalue weighted by atomic mass is 10.1. The summed E-state index contributed by atoms with van der Waals surface area (Å²) < 4.78 is 0. The van der Waals surface area contributed by atoms with E-state index in [-0.39, 0.29) is 6.29 Å². The topological polar surface area (TPSA) is 118 Å². The fourth-order valence-corrected chi connectivity index (χ4v) is 0.459. The zero-order valence-electron chi connectivity index (χ0n) is 5.53. The van der Waals surface area contributed by atoms with Gasteiger partial charge in [-0.05, 0) is 0 Å². The fourth-order valence-electron chi connectivity index (χ4n) is 0.459. The lowest BCUT2D eigenvalue weighted by Gasteiger charge is -2.20. The molecule has 6 nitrogen and oxygen atoms in total. The molecular formula is C5H10O6. The number of aliphatic hydroxyl groups excluding tert-OH is 4.